The molecule has 6 nitrogen and oxygen atoms in total. The Morgan fingerprint density at radius 2 is 1.92 bits per heavy atom. The maximum Gasteiger partial charge on any atom is 0.314 e. The number of aryl methyl sites for hydroxylation is 2. The van der Waals surface area contributed by atoms with Gasteiger partial charge in [0.2, 0.25) is 0 Å². The Bertz CT molecular complexity index is 601. The fraction of sp³-hybridized carbons (Fsp3) is 0.722. The second-order valence-corrected chi connectivity index (χ2v) is 7.79. The highest BCUT2D eigenvalue weighted by atomic mass is 16.2. The average Bonchev–Trinajstić information content (AvgIpc) is 2.87. The van der Waals surface area contributed by atoms with Gasteiger partial charge in [0.25, 0.3) is 0 Å². The summed E-state index contributed by atoms with van der Waals surface area (Å²) in [5, 5.41) is 9.88. The Labute approximate surface area is 144 Å². The van der Waals surface area contributed by atoms with Crippen molar-refractivity contribution in [1.29, 1.82) is 0 Å². The molecule has 0 saturated heterocycles. The number of carbonyl (C=O) groups is 2. The Hall–Kier alpha value is -1.85. The minimum absolute atomic E-state index is 0.0646. The largest absolute Gasteiger partial charge is 0.345 e. The molecule has 2 N–H and O–H groups in total. The lowest BCUT2D eigenvalue weighted by Crippen LogP contribution is -2.49. The van der Waals surface area contributed by atoms with Crippen molar-refractivity contribution in [3.05, 3.63) is 11.8 Å². The zero-order chi connectivity index (χ0) is 17.9. The molecular formula is C18H30N4O2. The highest BCUT2D eigenvalue weighted by Gasteiger charge is 2.35. The number of hydrogen-bond donors (Lipinski definition) is 2. The molecule has 0 spiro atoms. The quantitative estimate of drug-likeness (QED) is 0.834. The van der Waals surface area contributed by atoms with Crippen LogP contribution in [-0.4, -0.2) is 27.6 Å². The van der Waals surface area contributed by atoms with Gasteiger partial charge in [-0.3, -0.25) is 14.3 Å². The van der Waals surface area contributed by atoms with Crippen LogP contribution in [0.1, 0.15) is 59.1 Å². The maximum atomic E-state index is 12.3. The summed E-state index contributed by atoms with van der Waals surface area (Å²) in [5.74, 6) is -0.247. The van der Waals surface area contributed by atoms with E-state index in [0.29, 0.717) is 11.7 Å². The topological polar surface area (TPSA) is 76.0 Å². The van der Waals surface area contributed by atoms with E-state index in [1.54, 1.807) is 17.8 Å². The second-order valence-electron chi connectivity index (χ2n) is 7.79. The summed E-state index contributed by atoms with van der Waals surface area (Å²) in [7, 11) is 1.75. The minimum Gasteiger partial charge on any atom is -0.345 e. The SMILES string of the molecule is CCc1cc(NC(=O)C(=O)NC2CCCCC2C(C)(C)C)n(C)n1. The Morgan fingerprint density at radius 1 is 1.25 bits per heavy atom. The van der Waals surface area contributed by atoms with E-state index in [1.807, 2.05) is 6.92 Å². The number of nitrogens with one attached hydrogen (secondary N) is 2. The van der Waals surface area contributed by atoms with E-state index in [0.717, 1.165) is 31.4 Å². The molecule has 0 aromatic carbocycles. The van der Waals surface area contributed by atoms with Gasteiger partial charge in [-0.15, -0.1) is 0 Å². The molecule has 1 aromatic heterocycles. The number of nitrogens with zero attached hydrogens (tertiary/aromatic N) is 2. The zero-order valence-electron chi connectivity index (χ0n) is 15.5. The van der Waals surface area contributed by atoms with Gasteiger partial charge in [-0.25, -0.2) is 0 Å². The van der Waals surface area contributed by atoms with Gasteiger partial charge in [-0.2, -0.15) is 5.10 Å². The van der Waals surface area contributed by atoms with E-state index < -0.39 is 11.8 Å². The van der Waals surface area contributed by atoms with Crippen molar-refractivity contribution >= 4 is 17.6 Å². The lowest BCUT2D eigenvalue weighted by atomic mass is 9.69. The van der Waals surface area contributed by atoms with Gasteiger partial charge in [0.1, 0.15) is 5.82 Å². The summed E-state index contributed by atoms with van der Waals surface area (Å²) in [6.45, 7) is 8.59. The van der Waals surface area contributed by atoms with E-state index in [-0.39, 0.29) is 11.5 Å². The first-order valence-corrected chi connectivity index (χ1v) is 8.87. The van der Waals surface area contributed by atoms with Crippen molar-refractivity contribution in [2.75, 3.05) is 5.32 Å². The standard InChI is InChI=1S/C18H30N4O2/c1-6-12-11-15(22(5)21-12)20-17(24)16(23)19-14-10-8-7-9-13(14)18(2,3)4/h11,13-14H,6-10H2,1-5H3,(H,19,23)(H,20,24). The lowest BCUT2D eigenvalue weighted by molar-refractivity contribution is -0.137. The number of carbonyl (C=O) groups excluding carboxylic acids is 2. The maximum absolute atomic E-state index is 12.3. The molecule has 0 bridgehead atoms. The van der Waals surface area contributed by atoms with E-state index in [4.69, 9.17) is 0 Å². The van der Waals surface area contributed by atoms with Gasteiger partial charge >= 0.3 is 11.8 Å². The molecule has 1 aliphatic carbocycles. The smallest absolute Gasteiger partial charge is 0.314 e. The monoisotopic (exact) mass is 334 g/mol. The van der Waals surface area contributed by atoms with Crippen LogP contribution in [-0.2, 0) is 23.1 Å². The molecule has 1 aliphatic rings. The van der Waals surface area contributed by atoms with Crippen molar-refractivity contribution in [3.8, 4) is 0 Å². The molecule has 2 unspecified atom stereocenters. The van der Waals surface area contributed by atoms with E-state index in [2.05, 4.69) is 36.5 Å². The molecule has 0 aliphatic heterocycles. The Kier molecular flexibility index (Phi) is 5.67. The third kappa shape index (κ3) is 4.36. The van der Waals surface area contributed by atoms with Crippen molar-refractivity contribution in [3.63, 3.8) is 0 Å². The molecule has 0 radical (unpaired) electrons. The molecule has 1 heterocycles. The van der Waals surface area contributed by atoms with Crippen LogP contribution in [0.2, 0.25) is 0 Å². The van der Waals surface area contributed by atoms with Crippen molar-refractivity contribution in [2.45, 2.75) is 65.8 Å². The molecular weight excluding hydrogens is 304 g/mol. The number of rotatable bonds is 3. The molecule has 1 aromatic rings. The molecule has 2 amide bonds. The number of amides is 2. The molecule has 1 saturated carbocycles. The lowest BCUT2D eigenvalue weighted by Gasteiger charge is -2.40. The summed E-state index contributed by atoms with van der Waals surface area (Å²) < 4.78 is 1.59. The van der Waals surface area contributed by atoms with Crippen LogP contribution in [0.5, 0.6) is 0 Å². The fourth-order valence-corrected chi connectivity index (χ4v) is 3.56. The normalized spacial score (nSPS) is 21.4. The zero-order valence-corrected chi connectivity index (χ0v) is 15.5. The third-order valence-corrected chi connectivity index (χ3v) is 4.94. The molecule has 2 rings (SSSR count). The second kappa shape index (κ2) is 7.36. The summed E-state index contributed by atoms with van der Waals surface area (Å²) in [6, 6.07) is 1.86. The number of hydrogen-bond acceptors (Lipinski definition) is 3. The Morgan fingerprint density at radius 3 is 2.50 bits per heavy atom. The van der Waals surface area contributed by atoms with Crippen molar-refractivity contribution in [2.24, 2.45) is 18.4 Å². The van der Waals surface area contributed by atoms with Crippen LogP contribution < -0.4 is 10.6 Å². The van der Waals surface area contributed by atoms with Crippen LogP contribution in [0.15, 0.2) is 6.07 Å². The van der Waals surface area contributed by atoms with Crippen molar-refractivity contribution < 1.29 is 9.59 Å². The molecule has 6 heteroatoms. The molecule has 2 atom stereocenters. The summed E-state index contributed by atoms with van der Waals surface area (Å²) in [6.07, 6.45) is 5.10. The van der Waals surface area contributed by atoms with Gasteiger partial charge in [0, 0.05) is 19.2 Å². The van der Waals surface area contributed by atoms with Gasteiger partial charge in [-0.05, 0) is 30.6 Å². The van der Waals surface area contributed by atoms with Crippen LogP contribution in [0.25, 0.3) is 0 Å². The van der Waals surface area contributed by atoms with E-state index >= 15 is 0 Å². The summed E-state index contributed by atoms with van der Waals surface area (Å²) >= 11 is 0. The first-order valence-electron chi connectivity index (χ1n) is 8.87. The molecule has 24 heavy (non-hydrogen) atoms. The fourth-order valence-electron chi connectivity index (χ4n) is 3.56. The van der Waals surface area contributed by atoms with Crippen LogP contribution in [0.4, 0.5) is 5.82 Å². The first kappa shape index (κ1) is 18.5. The molecule has 1 fully saturated rings. The van der Waals surface area contributed by atoms with Gasteiger partial charge in [-0.1, -0.05) is 40.5 Å². The average molecular weight is 334 g/mol. The van der Waals surface area contributed by atoms with Gasteiger partial charge in [0.15, 0.2) is 0 Å². The first-order chi connectivity index (χ1) is 11.2. The molecule has 134 valence electrons. The van der Waals surface area contributed by atoms with Crippen LogP contribution in [0.3, 0.4) is 0 Å². The third-order valence-electron chi connectivity index (χ3n) is 4.94. The predicted molar refractivity (Wildman–Crippen MR) is 94.6 cm³/mol. The number of anilines is 1. The predicted octanol–water partition coefficient (Wildman–Crippen LogP) is 2.64. The number of aromatic nitrogens is 2. The van der Waals surface area contributed by atoms with E-state index in [1.165, 1.54) is 6.42 Å². The highest BCUT2D eigenvalue weighted by molar-refractivity contribution is 6.39. The minimum atomic E-state index is -0.626. The van der Waals surface area contributed by atoms with E-state index in [9.17, 15) is 9.59 Å². The van der Waals surface area contributed by atoms with Crippen LogP contribution >= 0.6 is 0 Å². The summed E-state index contributed by atoms with van der Waals surface area (Å²) in [4.78, 5) is 24.6. The Balaban J connectivity index is 1.99. The van der Waals surface area contributed by atoms with Gasteiger partial charge in [0.05, 0.1) is 5.69 Å². The summed E-state index contributed by atoms with van der Waals surface area (Å²) in [5.41, 5.74) is 1.00. The van der Waals surface area contributed by atoms with Crippen LogP contribution in [0, 0.1) is 11.3 Å². The van der Waals surface area contributed by atoms with Gasteiger partial charge < -0.3 is 10.6 Å². The highest BCUT2D eigenvalue weighted by Crippen LogP contribution is 2.37. The van der Waals surface area contributed by atoms with Crippen molar-refractivity contribution in [1.82, 2.24) is 15.1 Å².